The Kier molecular flexibility index (Phi) is 3.28. The standard InChI is InChI=1S/C16H17BrN2O/c1-16(2)7-14-12(15(20)8-16)9-18-19(14)10-11-5-3-4-6-13(11)17/h3-6,9H,7-8,10H2,1-2H3. The van der Waals surface area contributed by atoms with E-state index in [1.807, 2.05) is 22.9 Å². The summed E-state index contributed by atoms with van der Waals surface area (Å²) < 4.78 is 3.04. The van der Waals surface area contributed by atoms with Gasteiger partial charge in [-0.15, -0.1) is 0 Å². The quantitative estimate of drug-likeness (QED) is 0.837. The Morgan fingerprint density at radius 2 is 2.05 bits per heavy atom. The number of hydrogen-bond acceptors (Lipinski definition) is 2. The van der Waals surface area contributed by atoms with E-state index in [0.29, 0.717) is 13.0 Å². The first kappa shape index (κ1) is 13.6. The van der Waals surface area contributed by atoms with E-state index in [0.717, 1.165) is 22.2 Å². The minimum absolute atomic E-state index is 0.0236. The van der Waals surface area contributed by atoms with Crippen molar-refractivity contribution in [2.75, 3.05) is 0 Å². The summed E-state index contributed by atoms with van der Waals surface area (Å²) in [5.41, 5.74) is 3.07. The van der Waals surface area contributed by atoms with Crippen LogP contribution in [0.15, 0.2) is 34.9 Å². The lowest BCUT2D eigenvalue weighted by Crippen LogP contribution is -2.28. The molecule has 3 rings (SSSR count). The van der Waals surface area contributed by atoms with Gasteiger partial charge in [-0.25, -0.2) is 0 Å². The number of Topliss-reactive ketones (excluding diaryl/α,β-unsaturated/α-hetero) is 1. The maximum atomic E-state index is 12.2. The van der Waals surface area contributed by atoms with Gasteiger partial charge in [0.15, 0.2) is 5.78 Å². The molecule has 0 atom stereocenters. The van der Waals surface area contributed by atoms with Gasteiger partial charge in [0, 0.05) is 10.9 Å². The molecule has 0 unspecified atom stereocenters. The van der Waals surface area contributed by atoms with Crippen molar-refractivity contribution in [1.29, 1.82) is 0 Å². The number of ketones is 1. The predicted octanol–water partition coefficient (Wildman–Crippen LogP) is 3.85. The third-order valence-corrected chi connectivity index (χ3v) is 4.59. The van der Waals surface area contributed by atoms with Crippen molar-refractivity contribution in [1.82, 2.24) is 9.78 Å². The molecule has 0 bridgehead atoms. The molecule has 20 heavy (non-hydrogen) atoms. The summed E-state index contributed by atoms with van der Waals surface area (Å²) in [5.74, 6) is 0.217. The van der Waals surface area contributed by atoms with Gasteiger partial charge >= 0.3 is 0 Å². The fraction of sp³-hybridized carbons (Fsp3) is 0.375. The molecule has 0 fully saturated rings. The van der Waals surface area contributed by atoms with Crippen LogP contribution in [0.3, 0.4) is 0 Å². The van der Waals surface area contributed by atoms with E-state index in [2.05, 4.69) is 40.9 Å². The van der Waals surface area contributed by atoms with E-state index in [4.69, 9.17) is 0 Å². The normalized spacial score (nSPS) is 17.1. The number of fused-ring (bicyclic) bond motifs is 1. The Labute approximate surface area is 127 Å². The van der Waals surface area contributed by atoms with Crippen LogP contribution in [0.25, 0.3) is 0 Å². The number of carbonyl (C=O) groups excluding carboxylic acids is 1. The molecule has 0 amide bonds. The van der Waals surface area contributed by atoms with Gasteiger partial charge in [0.05, 0.1) is 24.0 Å². The maximum Gasteiger partial charge on any atom is 0.166 e. The zero-order chi connectivity index (χ0) is 14.3. The number of aromatic nitrogens is 2. The molecule has 0 saturated carbocycles. The molecule has 0 spiro atoms. The molecular formula is C16H17BrN2O. The number of hydrogen-bond donors (Lipinski definition) is 0. The molecule has 0 saturated heterocycles. The topological polar surface area (TPSA) is 34.9 Å². The predicted molar refractivity (Wildman–Crippen MR) is 81.9 cm³/mol. The smallest absolute Gasteiger partial charge is 0.166 e. The van der Waals surface area contributed by atoms with Crippen LogP contribution in [0.1, 0.15) is 41.9 Å². The van der Waals surface area contributed by atoms with Crippen LogP contribution in [0, 0.1) is 5.41 Å². The van der Waals surface area contributed by atoms with Gasteiger partial charge < -0.3 is 0 Å². The van der Waals surface area contributed by atoms with Crippen molar-refractivity contribution in [2.24, 2.45) is 5.41 Å². The lowest BCUT2D eigenvalue weighted by atomic mass is 9.76. The Morgan fingerprint density at radius 3 is 2.80 bits per heavy atom. The molecule has 1 aromatic carbocycles. The second kappa shape index (κ2) is 4.85. The van der Waals surface area contributed by atoms with Crippen LogP contribution >= 0.6 is 15.9 Å². The minimum Gasteiger partial charge on any atom is -0.294 e. The van der Waals surface area contributed by atoms with E-state index in [9.17, 15) is 4.79 Å². The van der Waals surface area contributed by atoms with Crippen LogP contribution in [0.4, 0.5) is 0 Å². The van der Waals surface area contributed by atoms with Crippen LogP contribution < -0.4 is 0 Å². The summed E-state index contributed by atoms with van der Waals surface area (Å²) in [4.78, 5) is 12.2. The number of carbonyl (C=O) groups is 1. The number of halogens is 1. The van der Waals surface area contributed by atoms with Gasteiger partial charge in [-0.1, -0.05) is 48.0 Å². The van der Waals surface area contributed by atoms with Crippen LogP contribution in [0.2, 0.25) is 0 Å². The highest BCUT2D eigenvalue weighted by molar-refractivity contribution is 9.10. The van der Waals surface area contributed by atoms with Crippen molar-refractivity contribution < 1.29 is 4.79 Å². The summed E-state index contributed by atoms with van der Waals surface area (Å²) in [6.07, 6.45) is 3.24. The number of nitrogens with zero attached hydrogens (tertiary/aromatic N) is 2. The molecule has 104 valence electrons. The highest BCUT2D eigenvalue weighted by atomic mass is 79.9. The maximum absolute atomic E-state index is 12.2. The highest BCUT2D eigenvalue weighted by Gasteiger charge is 2.33. The zero-order valence-corrected chi connectivity index (χ0v) is 13.3. The lowest BCUT2D eigenvalue weighted by Gasteiger charge is -2.29. The van der Waals surface area contributed by atoms with Crippen LogP contribution in [-0.2, 0) is 13.0 Å². The molecule has 0 N–H and O–H groups in total. The molecule has 1 aliphatic carbocycles. The van der Waals surface area contributed by atoms with E-state index in [-0.39, 0.29) is 11.2 Å². The molecule has 0 aliphatic heterocycles. The summed E-state index contributed by atoms with van der Waals surface area (Å²) in [5, 5.41) is 4.43. The summed E-state index contributed by atoms with van der Waals surface area (Å²) in [6.45, 7) is 4.98. The van der Waals surface area contributed by atoms with Gasteiger partial charge in [0.2, 0.25) is 0 Å². The second-order valence-corrected chi connectivity index (χ2v) is 7.05. The van der Waals surface area contributed by atoms with Crippen LogP contribution in [-0.4, -0.2) is 15.6 Å². The fourth-order valence-electron chi connectivity index (χ4n) is 2.80. The third kappa shape index (κ3) is 2.44. The Balaban J connectivity index is 1.98. The molecule has 1 aromatic heterocycles. The van der Waals surface area contributed by atoms with E-state index < -0.39 is 0 Å². The summed E-state index contributed by atoms with van der Waals surface area (Å²) >= 11 is 3.56. The average molecular weight is 333 g/mol. The molecule has 0 radical (unpaired) electrons. The minimum atomic E-state index is 0.0236. The van der Waals surface area contributed by atoms with Gasteiger partial charge in [-0.05, 0) is 23.5 Å². The molecule has 3 nitrogen and oxygen atoms in total. The monoisotopic (exact) mass is 332 g/mol. The molecule has 1 heterocycles. The first-order valence-electron chi connectivity index (χ1n) is 6.77. The average Bonchev–Trinajstić information content (AvgIpc) is 2.74. The van der Waals surface area contributed by atoms with Crippen molar-refractivity contribution >= 4 is 21.7 Å². The molecule has 2 aromatic rings. The van der Waals surface area contributed by atoms with Gasteiger partial charge in [-0.2, -0.15) is 5.10 Å². The Bertz CT molecular complexity index is 673. The van der Waals surface area contributed by atoms with Crippen LogP contribution in [0.5, 0.6) is 0 Å². The Morgan fingerprint density at radius 1 is 1.30 bits per heavy atom. The van der Waals surface area contributed by atoms with Crippen molar-refractivity contribution in [3.05, 3.63) is 51.8 Å². The van der Waals surface area contributed by atoms with Crippen molar-refractivity contribution in [2.45, 2.75) is 33.2 Å². The fourth-order valence-corrected chi connectivity index (χ4v) is 3.21. The highest BCUT2D eigenvalue weighted by Crippen LogP contribution is 2.34. The largest absolute Gasteiger partial charge is 0.294 e. The van der Waals surface area contributed by atoms with E-state index in [1.54, 1.807) is 6.20 Å². The molecule has 4 heteroatoms. The zero-order valence-electron chi connectivity index (χ0n) is 11.7. The van der Waals surface area contributed by atoms with E-state index >= 15 is 0 Å². The summed E-state index contributed by atoms with van der Waals surface area (Å²) in [7, 11) is 0. The first-order valence-corrected chi connectivity index (χ1v) is 7.57. The van der Waals surface area contributed by atoms with Crippen molar-refractivity contribution in [3.8, 4) is 0 Å². The number of benzene rings is 1. The third-order valence-electron chi connectivity index (χ3n) is 3.81. The van der Waals surface area contributed by atoms with Gasteiger partial charge in [0.1, 0.15) is 0 Å². The first-order chi connectivity index (χ1) is 9.46. The van der Waals surface area contributed by atoms with Gasteiger partial charge in [0.25, 0.3) is 0 Å². The summed E-state index contributed by atoms with van der Waals surface area (Å²) in [6, 6.07) is 8.12. The molecule has 1 aliphatic rings. The number of rotatable bonds is 2. The SMILES string of the molecule is CC1(C)CC(=O)c2cnn(Cc3ccccc3Br)c2C1. The van der Waals surface area contributed by atoms with Crippen molar-refractivity contribution in [3.63, 3.8) is 0 Å². The van der Waals surface area contributed by atoms with Gasteiger partial charge in [-0.3, -0.25) is 9.48 Å². The molecular weight excluding hydrogens is 316 g/mol. The lowest BCUT2D eigenvalue weighted by molar-refractivity contribution is 0.0910. The Hall–Kier alpha value is -1.42. The van der Waals surface area contributed by atoms with E-state index in [1.165, 1.54) is 5.56 Å². The second-order valence-electron chi connectivity index (χ2n) is 6.19.